The van der Waals surface area contributed by atoms with Gasteiger partial charge in [0, 0.05) is 6.42 Å². The lowest BCUT2D eigenvalue weighted by atomic mass is 9.93. The first-order valence-electron chi connectivity index (χ1n) is 7.09. The summed E-state index contributed by atoms with van der Waals surface area (Å²) >= 11 is 21.0. The highest BCUT2D eigenvalue weighted by Gasteiger charge is 2.90. The van der Waals surface area contributed by atoms with Crippen LogP contribution in [-0.4, -0.2) is 57.5 Å². The highest BCUT2D eigenvalue weighted by atomic mass is 35.6. The van der Waals surface area contributed by atoms with Crippen LogP contribution in [0, 0.1) is 0 Å². The van der Waals surface area contributed by atoms with Gasteiger partial charge in [0.05, 0.1) is 13.0 Å². The molecule has 19 heteroatoms. The van der Waals surface area contributed by atoms with Crippen molar-refractivity contribution in [2.24, 2.45) is 0 Å². The van der Waals surface area contributed by atoms with E-state index in [1.807, 2.05) is 0 Å². The minimum atomic E-state index is -8.01. The summed E-state index contributed by atoms with van der Waals surface area (Å²) in [5, 5.41) is -1.90. The van der Waals surface area contributed by atoms with E-state index in [1.165, 1.54) is 0 Å². The maximum atomic E-state index is 13.5. The zero-order chi connectivity index (χ0) is 25.5. The SMILES string of the molecule is O=C(OCCC(F)(F)C(F)(F)C(F)(F)C(F)(F)C(F)(F)C(F)(F)F)C(Cl)CC(Cl)(Cl)Cl. The highest BCUT2D eigenvalue weighted by Crippen LogP contribution is 2.60. The van der Waals surface area contributed by atoms with Gasteiger partial charge in [-0.1, -0.05) is 34.8 Å². The molecule has 0 spiro atoms. The molecule has 2 nitrogen and oxygen atoms in total. The van der Waals surface area contributed by atoms with Crippen LogP contribution < -0.4 is 0 Å². The molecule has 0 rings (SSSR count). The highest BCUT2D eigenvalue weighted by molar-refractivity contribution is 6.67. The molecule has 0 saturated heterocycles. The Balaban J connectivity index is 5.58. The predicted octanol–water partition coefficient (Wildman–Crippen LogP) is 7.03. The standard InChI is InChI=1S/C12H7Cl4F13O2/c13-4(3-7(14,15)16)5(30)31-2-1-6(17,18)8(19,20)9(21,22)10(23,24)11(25,26)12(27,28)29/h4H,1-3H2. The van der Waals surface area contributed by atoms with Crippen LogP contribution in [0.5, 0.6) is 0 Å². The van der Waals surface area contributed by atoms with Crippen molar-refractivity contribution >= 4 is 52.4 Å². The van der Waals surface area contributed by atoms with Gasteiger partial charge in [-0.2, -0.15) is 57.1 Å². The minimum absolute atomic E-state index is 0.832. The third kappa shape index (κ3) is 6.19. The van der Waals surface area contributed by atoms with E-state index in [4.69, 9.17) is 46.4 Å². The van der Waals surface area contributed by atoms with Gasteiger partial charge in [0.1, 0.15) is 5.38 Å². The Bertz CT molecular complexity index is 645. The van der Waals surface area contributed by atoms with E-state index in [-0.39, 0.29) is 0 Å². The summed E-state index contributed by atoms with van der Waals surface area (Å²) in [6, 6.07) is 0. The van der Waals surface area contributed by atoms with Gasteiger partial charge < -0.3 is 4.74 Å². The monoisotopic (exact) mass is 570 g/mol. The fourth-order valence-corrected chi connectivity index (χ4v) is 2.61. The second kappa shape index (κ2) is 9.16. The molecule has 0 aromatic carbocycles. The molecule has 1 atom stereocenters. The average molecular weight is 572 g/mol. The minimum Gasteiger partial charge on any atom is -0.464 e. The molecule has 0 amide bonds. The Morgan fingerprint density at radius 3 is 1.45 bits per heavy atom. The predicted molar refractivity (Wildman–Crippen MR) is 80.9 cm³/mol. The number of alkyl halides is 17. The van der Waals surface area contributed by atoms with Gasteiger partial charge in [-0.05, 0) is 0 Å². The molecule has 0 N–H and O–H groups in total. The second-order valence-corrected chi connectivity index (χ2v) is 8.75. The van der Waals surface area contributed by atoms with Crippen molar-refractivity contribution in [1.82, 2.24) is 0 Å². The van der Waals surface area contributed by atoms with Crippen LogP contribution in [0.2, 0.25) is 0 Å². The smallest absolute Gasteiger partial charge is 0.460 e. The molecule has 0 aliphatic heterocycles. The van der Waals surface area contributed by atoms with Crippen LogP contribution in [-0.2, 0) is 9.53 Å². The van der Waals surface area contributed by atoms with Gasteiger partial charge in [-0.3, -0.25) is 4.79 Å². The topological polar surface area (TPSA) is 26.3 Å². The first-order valence-corrected chi connectivity index (χ1v) is 8.66. The largest absolute Gasteiger partial charge is 0.464 e. The van der Waals surface area contributed by atoms with Crippen molar-refractivity contribution in [2.75, 3.05) is 6.61 Å². The molecule has 0 bridgehead atoms. The number of carbonyl (C=O) groups excluding carboxylic acids is 1. The molecule has 0 aliphatic rings. The summed E-state index contributed by atoms with van der Waals surface area (Å²) in [5.41, 5.74) is 0. The fourth-order valence-electron chi connectivity index (χ4n) is 1.62. The second-order valence-electron chi connectivity index (χ2n) is 5.70. The van der Waals surface area contributed by atoms with Crippen molar-refractivity contribution < 1.29 is 66.6 Å². The van der Waals surface area contributed by atoms with E-state index >= 15 is 0 Å². The van der Waals surface area contributed by atoms with Crippen LogP contribution in [0.15, 0.2) is 0 Å². The zero-order valence-corrected chi connectivity index (χ0v) is 17.0. The summed E-state index contributed by atoms with van der Waals surface area (Å²) in [4.78, 5) is 11.3. The Labute approximate surface area is 183 Å². The van der Waals surface area contributed by atoms with Gasteiger partial charge in [-0.15, -0.1) is 11.6 Å². The van der Waals surface area contributed by atoms with Gasteiger partial charge >= 0.3 is 41.8 Å². The lowest BCUT2D eigenvalue weighted by molar-refractivity contribution is -0.440. The van der Waals surface area contributed by atoms with E-state index in [9.17, 15) is 61.9 Å². The van der Waals surface area contributed by atoms with Crippen LogP contribution in [0.1, 0.15) is 12.8 Å². The lowest BCUT2D eigenvalue weighted by Crippen LogP contribution is -2.70. The molecule has 186 valence electrons. The Morgan fingerprint density at radius 1 is 0.710 bits per heavy atom. The van der Waals surface area contributed by atoms with E-state index in [0.717, 1.165) is 0 Å². The lowest BCUT2D eigenvalue weighted by Gasteiger charge is -2.39. The van der Waals surface area contributed by atoms with Crippen molar-refractivity contribution in [3.63, 3.8) is 0 Å². The fraction of sp³-hybridized carbons (Fsp3) is 0.917. The van der Waals surface area contributed by atoms with Gasteiger partial charge in [0.25, 0.3) is 0 Å². The molecule has 1 unspecified atom stereocenters. The number of hydrogen-bond donors (Lipinski definition) is 0. The number of rotatable bonds is 9. The van der Waals surface area contributed by atoms with E-state index in [1.54, 1.807) is 0 Å². The van der Waals surface area contributed by atoms with Crippen molar-refractivity contribution in [2.45, 2.75) is 57.8 Å². The first-order chi connectivity index (χ1) is 13.3. The normalized spacial score (nSPS) is 16.3. The maximum Gasteiger partial charge on any atom is 0.460 e. The number of ether oxygens (including phenoxy) is 1. The molecule has 31 heavy (non-hydrogen) atoms. The zero-order valence-electron chi connectivity index (χ0n) is 13.9. The Kier molecular flexibility index (Phi) is 9.08. The summed E-state index contributed by atoms with van der Waals surface area (Å²) in [6.45, 7) is -1.94. The molecular weight excluding hydrogens is 565 g/mol. The maximum absolute atomic E-state index is 13.5. The Morgan fingerprint density at radius 2 is 1.10 bits per heavy atom. The third-order valence-electron chi connectivity index (χ3n) is 3.33. The molecule has 0 aromatic rings. The van der Waals surface area contributed by atoms with Gasteiger partial charge in [0.2, 0.25) is 0 Å². The van der Waals surface area contributed by atoms with Crippen molar-refractivity contribution in [1.29, 1.82) is 0 Å². The van der Waals surface area contributed by atoms with Crippen LogP contribution in [0.4, 0.5) is 57.1 Å². The molecule has 0 aliphatic carbocycles. The van der Waals surface area contributed by atoms with Crippen LogP contribution >= 0.6 is 46.4 Å². The van der Waals surface area contributed by atoms with Gasteiger partial charge in [-0.25, -0.2) is 0 Å². The molecule has 0 saturated carbocycles. The van der Waals surface area contributed by atoms with E-state index in [0.29, 0.717) is 0 Å². The number of esters is 1. The van der Waals surface area contributed by atoms with E-state index < -0.39 is 70.4 Å². The third-order valence-corrected chi connectivity index (χ3v) is 4.12. The summed E-state index contributed by atoms with van der Waals surface area (Å²) < 4.78 is 169. The van der Waals surface area contributed by atoms with Crippen molar-refractivity contribution in [3.8, 4) is 0 Å². The summed E-state index contributed by atoms with van der Waals surface area (Å²) in [5.74, 6) is -39.3. The molecule has 0 aromatic heterocycles. The van der Waals surface area contributed by atoms with E-state index in [2.05, 4.69) is 4.74 Å². The van der Waals surface area contributed by atoms with Crippen molar-refractivity contribution in [3.05, 3.63) is 0 Å². The summed E-state index contributed by atoms with van der Waals surface area (Å²) in [7, 11) is 0. The number of halogens is 17. The first kappa shape index (κ1) is 30.7. The molecule has 0 radical (unpaired) electrons. The Hall–Kier alpha value is -0.280. The number of hydrogen-bond acceptors (Lipinski definition) is 2. The van der Waals surface area contributed by atoms with Crippen LogP contribution in [0.3, 0.4) is 0 Å². The number of carbonyl (C=O) groups is 1. The quantitative estimate of drug-likeness (QED) is 0.169. The average Bonchev–Trinajstić information content (AvgIpc) is 2.50. The molecule has 0 heterocycles. The molecule has 0 fully saturated rings. The van der Waals surface area contributed by atoms with Crippen LogP contribution in [0.25, 0.3) is 0 Å². The summed E-state index contributed by atoms with van der Waals surface area (Å²) in [6.07, 6.45) is -11.0. The van der Waals surface area contributed by atoms with Gasteiger partial charge in [0.15, 0.2) is 3.79 Å². The molecular formula is C12H7Cl4F13O2.